The minimum absolute atomic E-state index is 0.231. The van der Waals surface area contributed by atoms with Crippen molar-refractivity contribution in [1.29, 1.82) is 0 Å². The first-order valence-electron chi connectivity index (χ1n) is 6.25. The third-order valence-corrected chi connectivity index (χ3v) is 4.43. The molecule has 0 aromatic heterocycles. The van der Waals surface area contributed by atoms with Crippen molar-refractivity contribution in [2.75, 3.05) is 7.05 Å². The van der Waals surface area contributed by atoms with Crippen molar-refractivity contribution in [3.05, 3.63) is 29.3 Å². The van der Waals surface area contributed by atoms with E-state index in [4.69, 9.17) is 0 Å². The predicted octanol–water partition coefficient (Wildman–Crippen LogP) is 3.67. The van der Waals surface area contributed by atoms with Crippen LogP contribution in [-0.2, 0) is 11.8 Å². The largest absolute Gasteiger partial charge is 0.209 e. The van der Waals surface area contributed by atoms with Gasteiger partial charge in [-0.1, -0.05) is 19.9 Å². The lowest BCUT2D eigenvalue weighted by Gasteiger charge is -2.20. The molecule has 0 N–H and O–H groups in total. The van der Waals surface area contributed by atoms with E-state index in [9.17, 15) is 0 Å². The van der Waals surface area contributed by atoms with Crippen LogP contribution in [0.1, 0.15) is 45.2 Å². The van der Waals surface area contributed by atoms with E-state index in [-0.39, 0.29) is 5.41 Å². The van der Waals surface area contributed by atoms with Crippen LogP contribution in [0.3, 0.4) is 0 Å². The lowest BCUT2D eigenvalue weighted by Crippen LogP contribution is -2.28. The van der Waals surface area contributed by atoms with Gasteiger partial charge in [-0.25, -0.2) is 4.58 Å². The van der Waals surface area contributed by atoms with Crippen molar-refractivity contribution in [3.63, 3.8) is 0 Å². The molecule has 1 aliphatic rings. The van der Waals surface area contributed by atoms with E-state index in [2.05, 4.69) is 57.5 Å². The van der Waals surface area contributed by atoms with Gasteiger partial charge in [0.1, 0.15) is 7.05 Å². The quantitative estimate of drug-likeness (QED) is 0.664. The van der Waals surface area contributed by atoms with Crippen LogP contribution in [0, 0.1) is 0 Å². The van der Waals surface area contributed by atoms with E-state index < -0.39 is 0 Å². The van der Waals surface area contributed by atoms with Crippen LogP contribution in [0.2, 0.25) is 0 Å². The third-order valence-electron chi connectivity index (χ3n) is 4.43. The summed E-state index contributed by atoms with van der Waals surface area (Å²) in [7, 11) is 2.18. The van der Waals surface area contributed by atoms with Crippen molar-refractivity contribution >= 4 is 11.4 Å². The van der Waals surface area contributed by atoms with E-state index in [1.54, 1.807) is 0 Å². The Labute approximate surface area is 98.8 Å². The molecule has 16 heavy (non-hydrogen) atoms. The van der Waals surface area contributed by atoms with Gasteiger partial charge < -0.3 is 0 Å². The molecule has 0 aliphatic carbocycles. The maximum absolute atomic E-state index is 2.39. The molecule has 1 nitrogen and oxygen atoms in total. The second kappa shape index (κ2) is 3.73. The van der Waals surface area contributed by atoms with E-state index in [1.807, 2.05) is 0 Å². The van der Waals surface area contributed by atoms with Crippen molar-refractivity contribution in [2.45, 2.75) is 46.0 Å². The number of aryl methyl sites for hydroxylation is 1. The Kier molecular flexibility index (Phi) is 2.65. The first kappa shape index (κ1) is 11.4. The molecule has 0 radical (unpaired) electrons. The SMILES string of the molecule is CCc1ccc2c(c1)C(C)(CC)C(C)=[N+]2C. The van der Waals surface area contributed by atoms with E-state index in [0.29, 0.717) is 0 Å². The van der Waals surface area contributed by atoms with Gasteiger partial charge in [0.15, 0.2) is 5.71 Å². The Morgan fingerprint density at radius 1 is 1.25 bits per heavy atom. The minimum Gasteiger partial charge on any atom is -0.202 e. The molecule has 1 unspecified atom stereocenters. The van der Waals surface area contributed by atoms with Crippen molar-refractivity contribution in [1.82, 2.24) is 0 Å². The Balaban J connectivity index is 2.65. The Morgan fingerprint density at radius 2 is 1.94 bits per heavy atom. The fraction of sp³-hybridized carbons (Fsp3) is 0.533. The average Bonchev–Trinajstić information content (AvgIpc) is 2.52. The van der Waals surface area contributed by atoms with Gasteiger partial charge in [-0.2, -0.15) is 0 Å². The lowest BCUT2D eigenvalue weighted by atomic mass is 9.77. The number of benzene rings is 1. The van der Waals surface area contributed by atoms with E-state index >= 15 is 0 Å². The van der Waals surface area contributed by atoms with Crippen LogP contribution in [-0.4, -0.2) is 17.3 Å². The zero-order chi connectivity index (χ0) is 11.9. The van der Waals surface area contributed by atoms with Crippen molar-refractivity contribution in [2.24, 2.45) is 0 Å². The summed E-state index contributed by atoms with van der Waals surface area (Å²) >= 11 is 0. The molecule has 0 saturated carbocycles. The zero-order valence-corrected chi connectivity index (χ0v) is 11.1. The van der Waals surface area contributed by atoms with Gasteiger partial charge in [-0.05, 0) is 31.4 Å². The summed E-state index contributed by atoms with van der Waals surface area (Å²) in [4.78, 5) is 0. The highest BCUT2D eigenvalue weighted by Crippen LogP contribution is 2.41. The molecule has 0 saturated heterocycles. The third kappa shape index (κ3) is 1.34. The van der Waals surface area contributed by atoms with Crippen LogP contribution in [0.5, 0.6) is 0 Å². The van der Waals surface area contributed by atoms with Gasteiger partial charge in [-0.3, -0.25) is 0 Å². The van der Waals surface area contributed by atoms with Gasteiger partial charge in [0, 0.05) is 18.6 Å². The molecule has 1 heterocycles. The standard InChI is InChI=1S/C15H22N/c1-6-12-8-9-14-13(10-12)15(4,7-2)11(3)16(14)5/h8-10H,6-7H2,1-5H3/q+1. The topological polar surface area (TPSA) is 3.01 Å². The van der Waals surface area contributed by atoms with Gasteiger partial charge in [0.25, 0.3) is 0 Å². The Morgan fingerprint density at radius 3 is 2.50 bits per heavy atom. The second-order valence-corrected chi connectivity index (χ2v) is 5.04. The van der Waals surface area contributed by atoms with Gasteiger partial charge in [0.05, 0.1) is 5.41 Å². The number of hydrogen-bond acceptors (Lipinski definition) is 0. The fourth-order valence-corrected chi connectivity index (χ4v) is 2.73. The second-order valence-electron chi connectivity index (χ2n) is 5.04. The summed E-state index contributed by atoms with van der Waals surface area (Å²) in [6.07, 6.45) is 2.29. The summed E-state index contributed by atoms with van der Waals surface area (Å²) in [6.45, 7) is 9.13. The number of hydrogen-bond donors (Lipinski definition) is 0. The van der Waals surface area contributed by atoms with Crippen LogP contribution >= 0.6 is 0 Å². The number of rotatable bonds is 2. The predicted molar refractivity (Wildman–Crippen MR) is 70.0 cm³/mol. The summed E-state index contributed by atoms with van der Waals surface area (Å²) in [6, 6.07) is 6.93. The molecule has 2 rings (SSSR count). The van der Waals surface area contributed by atoms with Crippen molar-refractivity contribution < 1.29 is 4.58 Å². The molecule has 1 aromatic rings. The maximum atomic E-state index is 2.39. The number of fused-ring (bicyclic) bond motifs is 1. The molecule has 1 heteroatoms. The summed E-state index contributed by atoms with van der Waals surface area (Å²) in [5.74, 6) is 0. The summed E-state index contributed by atoms with van der Waals surface area (Å²) in [5, 5.41) is 0. The molecule has 0 fully saturated rings. The fourth-order valence-electron chi connectivity index (χ4n) is 2.73. The monoisotopic (exact) mass is 216 g/mol. The average molecular weight is 216 g/mol. The summed E-state index contributed by atoms with van der Waals surface area (Å²) < 4.78 is 2.35. The Bertz CT molecular complexity index is 457. The van der Waals surface area contributed by atoms with E-state index in [0.717, 1.165) is 6.42 Å². The summed E-state index contributed by atoms with van der Waals surface area (Å²) in [5.41, 5.74) is 6.04. The van der Waals surface area contributed by atoms with Crippen molar-refractivity contribution in [3.8, 4) is 0 Å². The molecule has 0 amide bonds. The van der Waals surface area contributed by atoms with Crippen LogP contribution in [0.4, 0.5) is 5.69 Å². The molecule has 1 aromatic carbocycles. The smallest absolute Gasteiger partial charge is 0.202 e. The minimum atomic E-state index is 0.231. The highest BCUT2D eigenvalue weighted by Gasteiger charge is 2.43. The highest BCUT2D eigenvalue weighted by molar-refractivity contribution is 5.93. The first-order chi connectivity index (χ1) is 7.54. The molecule has 86 valence electrons. The molecule has 0 bridgehead atoms. The van der Waals surface area contributed by atoms with E-state index in [1.165, 1.54) is 28.9 Å². The normalized spacial score (nSPS) is 23.8. The van der Waals surface area contributed by atoms with Gasteiger partial charge in [0.2, 0.25) is 5.69 Å². The first-order valence-corrected chi connectivity index (χ1v) is 6.25. The number of nitrogens with zero attached hydrogens (tertiary/aromatic N) is 1. The van der Waals surface area contributed by atoms with Crippen LogP contribution in [0.15, 0.2) is 18.2 Å². The molecule has 0 spiro atoms. The Hall–Kier alpha value is -1.11. The van der Waals surface area contributed by atoms with Gasteiger partial charge in [-0.15, -0.1) is 0 Å². The maximum Gasteiger partial charge on any atom is 0.209 e. The van der Waals surface area contributed by atoms with Crippen LogP contribution in [0.25, 0.3) is 0 Å². The molecular weight excluding hydrogens is 194 g/mol. The molecular formula is C15H22N+. The van der Waals surface area contributed by atoms with Crippen LogP contribution < -0.4 is 0 Å². The molecule has 1 aliphatic heterocycles. The zero-order valence-electron chi connectivity index (χ0n) is 11.1. The highest BCUT2D eigenvalue weighted by atomic mass is 15.0. The van der Waals surface area contributed by atoms with Gasteiger partial charge >= 0.3 is 0 Å². The lowest BCUT2D eigenvalue weighted by molar-refractivity contribution is -0.403. The molecule has 1 atom stereocenters.